The number of aromatic amines is 1. The van der Waals surface area contributed by atoms with Crippen LogP contribution < -0.4 is 5.56 Å². The average molecular weight is 342 g/mol. The molecule has 118 valence electrons. The molecule has 3 aromatic rings. The summed E-state index contributed by atoms with van der Waals surface area (Å²) in [6.07, 6.45) is 3.21. The first kappa shape index (κ1) is 14.8. The summed E-state index contributed by atoms with van der Waals surface area (Å²) < 4.78 is 2.13. The average Bonchev–Trinajstić information content (AvgIpc) is 2.86. The third-order valence-corrected chi connectivity index (χ3v) is 6.16. The van der Waals surface area contributed by atoms with E-state index in [4.69, 9.17) is 12.2 Å². The van der Waals surface area contributed by atoms with Gasteiger partial charge in [0.25, 0.3) is 5.56 Å². The number of para-hydroxylation sites is 1. The molecule has 5 heteroatoms. The Bertz CT molecular complexity index is 1030. The van der Waals surface area contributed by atoms with E-state index >= 15 is 0 Å². The molecule has 23 heavy (non-hydrogen) atoms. The summed E-state index contributed by atoms with van der Waals surface area (Å²) in [6.45, 7) is 4.28. The minimum atomic E-state index is 0.0186. The minimum Gasteiger partial charge on any atom is -0.323 e. The van der Waals surface area contributed by atoms with Crippen LogP contribution in [0.1, 0.15) is 29.3 Å². The minimum absolute atomic E-state index is 0.0186. The molecule has 1 aliphatic carbocycles. The van der Waals surface area contributed by atoms with Gasteiger partial charge in [-0.15, -0.1) is 11.3 Å². The summed E-state index contributed by atoms with van der Waals surface area (Å²) in [5, 5.41) is 0.841. The van der Waals surface area contributed by atoms with Crippen molar-refractivity contribution >= 4 is 33.8 Å². The topological polar surface area (TPSA) is 37.8 Å². The number of nitrogens with one attached hydrogen (secondary N) is 1. The molecule has 1 N–H and O–H groups in total. The first-order valence-electron chi connectivity index (χ1n) is 7.92. The van der Waals surface area contributed by atoms with Crippen LogP contribution in [0.5, 0.6) is 0 Å². The number of H-pyrrole nitrogens is 1. The Kier molecular flexibility index (Phi) is 3.50. The van der Waals surface area contributed by atoms with Gasteiger partial charge in [0.1, 0.15) is 4.83 Å². The number of rotatable bonds is 1. The largest absolute Gasteiger partial charge is 0.323 e. The summed E-state index contributed by atoms with van der Waals surface area (Å²) in [4.78, 5) is 18.8. The summed E-state index contributed by atoms with van der Waals surface area (Å²) >= 11 is 7.19. The van der Waals surface area contributed by atoms with Crippen LogP contribution in [0.15, 0.2) is 29.1 Å². The molecule has 0 saturated heterocycles. The lowest BCUT2D eigenvalue weighted by Gasteiger charge is -2.17. The lowest BCUT2D eigenvalue weighted by Crippen LogP contribution is -2.22. The number of aromatic nitrogens is 2. The van der Waals surface area contributed by atoms with Gasteiger partial charge in [0.15, 0.2) is 4.77 Å². The van der Waals surface area contributed by atoms with Gasteiger partial charge in [0.05, 0.1) is 11.1 Å². The Morgan fingerprint density at radius 3 is 2.91 bits per heavy atom. The fourth-order valence-corrected chi connectivity index (χ4v) is 5.21. The van der Waals surface area contributed by atoms with Crippen LogP contribution in [0.2, 0.25) is 0 Å². The van der Waals surface area contributed by atoms with E-state index in [1.165, 1.54) is 10.4 Å². The lowest BCUT2D eigenvalue weighted by atomic mass is 9.89. The highest BCUT2D eigenvalue weighted by molar-refractivity contribution is 7.71. The van der Waals surface area contributed by atoms with Crippen LogP contribution in [0, 0.1) is 17.6 Å². The fourth-order valence-electron chi connectivity index (χ4n) is 3.46. The Morgan fingerprint density at radius 2 is 2.13 bits per heavy atom. The Hall–Kier alpha value is -1.72. The Morgan fingerprint density at radius 1 is 1.35 bits per heavy atom. The maximum absolute atomic E-state index is 13.2. The zero-order valence-corrected chi connectivity index (χ0v) is 14.8. The van der Waals surface area contributed by atoms with Gasteiger partial charge < -0.3 is 4.98 Å². The van der Waals surface area contributed by atoms with Crippen molar-refractivity contribution in [3.05, 3.63) is 55.4 Å². The van der Waals surface area contributed by atoms with Crippen molar-refractivity contribution < 1.29 is 0 Å². The van der Waals surface area contributed by atoms with Crippen molar-refractivity contribution in [1.29, 1.82) is 0 Å². The zero-order chi connectivity index (χ0) is 16.1. The second-order valence-electron chi connectivity index (χ2n) is 6.41. The third kappa shape index (κ3) is 2.30. The molecular weight excluding hydrogens is 324 g/mol. The van der Waals surface area contributed by atoms with Crippen molar-refractivity contribution in [2.45, 2.75) is 33.1 Å². The highest BCUT2D eigenvalue weighted by Gasteiger charge is 2.23. The van der Waals surface area contributed by atoms with Gasteiger partial charge in [-0.25, -0.2) is 0 Å². The predicted octanol–water partition coefficient (Wildman–Crippen LogP) is 4.54. The molecule has 4 rings (SSSR count). The number of hydrogen-bond donors (Lipinski definition) is 1. The zero-order valence-electron chi connectivity index (χ0n) is 13.2. The molecule has 0 amide bonds. The van der Waals surface area contributed by atoms with Gasteiger partial charge in [0, 0.05) is 4.88 Å². The van der Waals surface area contributed by atoms with Gasteiger partial charge in [-0.3, -0.25) is 9.36 Å². The van der Waals surface area contributed by atoms with Crippen LogP contribution in [-0.4, -0.2) is 9.55 Å². The van der Waals surface area contributed by atoms with E-state index in [0.29, 0.717) is 10.7 Å². The highest BCUT2D eigenvalue weighted by atomic mass is 32.1. The number of nitrogens with zero attached hydrogens (tertiary/aromatic N) is 1. The Labute approximate surface area is 143 Å². The second-order valence-corrected chi connectivity index (χ2v) is 7.90. The number of hydrogen-bond acceptors (Lipinski definition) is 3. The lowest BCUT2D eigenvalue weighted by molar-refractivity contribution is 0.509. The van der Waals surface area contributed by atoms with E-state index < -0.39 is 0 Å². The normalized spacial score (nSPS) is 17.4. The number of benzene rings is 1. The maximum atomic E-state index is 13.2. The van der Waals surface area contributed by atoms with E-state index in [1.54, 1.807) is 15.9 Å². The summed E-state index contributed by atoms with van der Waals surface area (Å²) in [6, 6.07) is 7.88. The maximum Gasteiger partial charge on any atom is 0.267 e. The molecule has 1 unspecified atom stereocenters. The van der Waals surface area contributed by atoms with E-state index in [0.717, 1.165) is 40.7 Å². The van der Waals surface area contributed by atoms with Gasteiger partial charge >= 0.3 is 0 Å². The van der Waals surface area contributed by atoms with Crippen LogP contribution in [0.3, 0.4) is 0 Å². The fraction of sp³-hybridized carbons (Fsp3) is 0.333. The Balaban J connectivity index is 2.07. The third-order valence-electron chi connectivity index (χ3n) is 4.71. The van der Waals surface area contributed by atoms with Crippen molar-refractivity contribution in [3.63, 3.8) is 0 Å². The molecule has 0 spiro atoms. The van der Waals surface area contributed by atoms with E-state index in [1.807, 2.05) is 31.2 Å². The first-order chi connectivity index (χ1) is 11.1. The van der Waals surface area contributed by atoms with E-state index in [-0.39, 0.29) is 5.56 Å². The molecule has 1 atom stereocenters. The second kappa shape index (κ2) is 5.42. The molecule has 0 radical (unpaired) electrons. The highest BCUT2D eigenvalue weighted by Crippen LogP contribution is 2.35. The molecule has 0 fully saturated rings. The van der Waals surface area contributed by atoms with E-state index in [2.05, 4.69) is 11.9 Å². The van der Waals surface area contributed by atoms with Gasteiger partial charge in [0.2, 0.25) is 0 Å². The molecule has 0 bridgehead atoms. The van der Waals surface area contributed by atoms with Crippen molar-refractivity contribution in [2.24, 2.45) is 5.92 Å². The van der Waals surface area contributed by atoms with Gasteiger partial charge in [-0.1, -0.05) is 25.1 Å². The molecule has 2 heterocycles. The smallest absolute Gasteiger partial charge is 0.267 e. The van der Waals surface area contributed by atoms with Gasteiger partial charge in [-0.2, -0.15) is 0 Å². The molecule has 3 nitrogen and oxygen atoms in total. The number of fused-ring (bicyclic) bond motifs is 3. The van der Waals surface area contributed by atoms with Crippen LogP contribution in [-0.2, 0) is 12.8 Å². The van der Waals surface area contributed by atoms with Gasteiger partial charge in [-0.05, 0) is 61.5 Å². The molecule has 1 aliphatic rings. The summed E-state index contributed by atoms with van der Waals surface area (Å²) in [5.41, 5.74) is 3.17. The van der Waals surface area contributed by atoms with Crippen LogP contribution in [0.25, 0.3) is 15.9 Å². The van der Waals surface area contributed by atoms with E-state index in [9.17, 15) is 4.79 Å². The molecular formula is C18H18N2OS2. The number of thiophene rings is 1. The first-order valence-corrected chi connectivity index (χ1v) is 9.14. The molecule has 2 aromatic heterocycles. The quantitative estimate of drug-likeness (QED) is 0.659. The van der Waals surface area contributed by atoms with Crippen LogP contribution >= 0.6 is 23.6 Å². The summed E-state index contributed by atoms with van der Waals surface area (Å²) in [7, 11) is 0. The molecule has 0 aliphatic heterocycles. The standard InChI is InChI=1S/C18H18N2OS2/c1-10-7-8-12-14(9-10)23-16-15(12)17(21)20(18(22)19-16)13-6-4-3-5-11(13)2/h3-6,10H,7-9H2,1-2H3,(H,19,22). The molecule has 1 aromatic carbocycles. The predicted molar refractivity (Wildman–Crippen MR) is 98.5 cm³/mol. The molecule has 0 saturated carbocycles. The van der Waals surface area contributed by atoms with Crippen molar-refractivity contribution in [1.82, 2.24) is 9.55 Å². The van der Waals surface area contributed by atoms with Crippen molar-refractivity contribution in [3.8, 4) is 5.69 Å². The van der Waals surface area contributed by atoms with Crippen LogP contribution in [0.4, 0.5) is 0 Å². The number of aryl methyl sites for hydroxylation is 2. The SMILES string of the molecule is Cc1ccccc1-n1c(=S)[nH]c2sc3c(c2c1=O)CCC(C)C3. The monoisotopic (exact) mass is 342 g/mol. The summed E-state index contributed by atoms with van der Waals surface area (Å²) in [5.74, 6) is 0.692. The van der Waals surface area contributed by atoms with Crippen molar-refractivity contribution in [2.75, 3.05) is 0 Å².